The van der Waals surface area contributed by atoms with Gasteiger partial charge in [0.2, 0.25) is 5.91 Å². The first-order valence-corrected chi connectivity index (χ1v) is 16.7. The van der Waals surface area contributed by atoms with E-state index in [1.54, 1.807) is 0 Å². The maximum atomic E-state index is 12.5. The summed E-state index contributed by atoms with van der Waals surface area (Å²) in [6.45, 7) is 7.54. The zero-order valence-electron chi connectivity index (χ0n) is 26.4. The molecule has 0 bridgehead atoms. The third-order valence-corrected chi connectivity index (χ3v) is 9.44. The van der Waals surface area contributed by atoms with Crippen molar-refractivity contribution in [1.29, 1.82) is 0 Å². The molecule has 4 atom stereocenters. The topological polar surface area (TPSA) is 101 Å². The number of carbonyl (C=O) groups excluding carboxylic acids is 1. The molecule has 6 rings (SSSR count). The Morgan fingerprint density at radius 2 is 1.76 bits per heavy atom. The van der Waals surface area contributed by atoms with Crippen molar-refractivity contribution in [2.24, 2.45) is 5.92 Å². The van der Waals surface area contributed by atoms with Crippen LogP contribution in [0.2, 0.25) is 0 Å². The molecule has 3 heterocycles. The average molecular weight is 622 g/mol. The summed E-state index contributed by atoms with van der Waals surface area (Å²) in [5, 5.41) is 9.75. The van der Waals surface area contributed by atoms with Gasteiger partial charge in [-0.1, -0.05) is 24.3 Å². The van der Waals surface area contributed by atoms with Crippen LogP contribution < -0.4 is 14.4 Å². The Labute approximate surface area is 266 Å². The molecule has 10 nitrogen and oxygen atoms in total. The monoisotopic (exact) mass is 621 g/mol. The summed E-state index contributed by atoms with van der Waals surface area (Å²) in [4.78, 5) is 30.1. The number of piperidine rings is 1. The van der Waals surface area contributed by atoms with Crippen molar-refractivity contribution in [1.82, 2.24) is 9.80 Å². The number of rotatable bonds is 13. The molecule has 244 valence electrons. The van der Waals surface area contributed by atoms with Crippen LogP contribution in [0.15, 0.2) is 48.5 Å². The number of hydrogen-bond donors (Lipinski definition) is 1. The van der Waals surface area contributed by atoms with E-state index in [0.29, 0.717) is 58.2 Å². The quantitative estimate of drug-likeness (QED) is 0.312. The van der Waals surface area contributed by atoms with Gasteiger partial charge in [-0.15, -0.1) is 0 Å². The number of benzene rings is 2. The Morgan fingerprint density at radius 3 is 2.53 bits per heavy atom. The first-order valence-electron chi connectivity index (χ1n) is 16.7. The van der Waals surface area contributed by atoms with Crippen molar-refractivity contribution >= 4 is 17.7 Å². The van der Waals surface area contributed by atoms with Gasteiger partial charge in [-0.25, -0.2) is 4.79 Å². The highest BCUT2D eigenvalue weighted by Gasteiger charge is 2.36. The molecule has 1 saturated carbocycles. The third kappa shape index (κ3) is 8.21. The van der Waals surface area contributed by atoms with Gasteiger partial charge in [0.25, 0.3) is 0 Å². The van der Waals surface area contributed by atoms with E-state index in [9.17, 15) is 14.7 Å². The molecule has 3 fully saturated rings. The third-order valence-electron chi connectivity index (χ3n) is 9.44. The fourth-order valence-electron chi connectivity index (χ4n) is 6.79. The van der Waals surface area contributed by atoms with Crippen LogP contribution in [0.25, 0.3) is 0 Å². The van der Waals surface area contributed by atoms with Crippen molar-refractivity contribution in [3.63, 3.8) is 0 Å². The van der Waals surface area contributed by atoms with Gasteiger partial charge in [0.1, 0.15) is 23.7 Å². The van der Waals surface area contributed by atoms with Gasteiger partial charge in [-0.2, -0.15) is 0 Å². The predicted octanol–water partition coefficient (Wildman–Crippen LogP) is 5.01. The Balaban J connectivity index is 1.06. The minimum absolute atomic E-state index is 0.00764. The van der Waals surface area contributed by atoms with E-state index in [0.717, 1.165) is 55.3 Å². The molecular formula is C35H47N3O7. The summed E-state index contributed by atoms with van der Waals surface area (Å²) in [6.07, 6.45) is 4.11. The van der Waals surface area contributed by atoms with Crippen LogP contribution in [0.3, 0.4) is 0 Å². The summed E-state index contributed by atoms with van der Waals surface area (Å²) >= 11 is 0. The first kappa shape index (κ1) is 31.5. The molecule has 45 heavy (non-hydrogen) atoms. The van der Waals surface area contributed by atoms with E-state index in [1.165, 1.54) is 17.7 Å². The second kappa shape index (κ2) is 14.7. The number of likely N-dealkylation sites (tertiary alicyclic amines) is 2. The molecule has 2 amide bonds. The first-order chi connectivity index (χ1) is 22.0. The maximum absolute atomic E-state index is 12.5. The molecule has 1 N–H and O–H groups in total. The molecule has 2 aromatic rings. The SMILES string of the molecule is CCOCCCN1CC(COC2CN(C(=O)O)CCC2c2ccc(OC3CCN(C(=O)CC4CC4)C3)cc2)Oc2ccccc21. The fourth-order valence-corrected chi connectivity index (χ4v) is 6.79. The van der Waals surface area contributed by atoms with Gasteiger partial charge in [0, 0.05) is 51.6 Å². The Bertz CT molecular complexity index is 1290. The molecule has 4 aliphatic rings. The van der Waals surface area contributed by atoms with Crippen molar-refractivity contribution < 1.29 is 33.6 Å². The number of amides is 2. The number of fused-ring (bicyclic) bond motifs is 1. The molecule has 2 saturated heterocycles. The average Bonchev–Trinajstić information content (AvgIpc) is 3.75. The zero-order valence-corrected chi connectivity index (χ0v) is 26.4. The second-order valence-electron chi connectivity index (χ2n) is 12.8. The van der Waals surface area contributed by atoms with E-state index in [1.807, 2.05) is 42.2 Å². The standard InChI is InChI=1S/C35H47N3O7/c1-2-42-19-5-16-36-22-29(45-32-7-4-3-6-31(32)36)24-43-33-23-38(35(40)41)18-15-30(33)26-10-12-27(13-11-26)44-28-14-17-37(21-28)34(39)20-25-8-9-25/h3-4,6-7,10-13,25,28-30,33H,2,5,8-9,14-24H2,1H3,(H,40,41). The van der Waals surface area contributed by atoms with Crippen molar-refractivity contribution in [2.75, 3.05) is 64.0 Å². The minimum Gasteiger partial charge on any atom is -0.489 e. The van der Waals surface area contributed by atoms with E-state index in [-0.39, 0.29) is 30.1 Å². The number of carbonyl (C=O) groups is 2. The Hall–Kier alpha value is -3.50. The van der Waals surface area contributed by atoms with Gasteiger partial charge in [-0.3, -0.25) is 4.79 Å². The smallest absolute Gasteiger partial charge is 0.407 e. The highest BCUT2D eigenvalue weighted by molar-refractivity contribution is 5.77. The molecule has 10 heteroatoms. The van der Waals surface area contributed by atoms with Gasteiger partial charge < -0.3 is 38.8 Å². The molecular weight excluding hydrogens is 574 g/mol. The van der Waals surface area contributed by atoms with Gasteiger partial charge in [-0.05, 0) is 68.4 Å². The lowest BCUT2D eigenvalue weighted by Crippen LogP contribution is -2.49. The summed E-state index contributed by atoms with van der Waals surface area (Å²) in [7, 11) is 0. The summed E-state index contributed by atoms with van der Waals surface area (Å²) in [5.74, 6) is 2.54. The highest BCUT2D eigenvalue weighted by atomic mass is 16.5. The van der Waals surface area contributed by atoms with Crippen molar-refractivity contribution in [2.45, 2.75) is 69.7 Å². The van der Waals surface area contributed by atoms with Gasteiger partial charge in [0.15, 0.2) is 0 Å². The lowest BCUT2D eigenvalue weighted by molar-refractivity contribution is -0.130. The van der Waals surface area contributed by atoms with Crippen LogP contribution in [-0.2, 0) is 14.3 Å². The van der Waals surface area contributed by atoms with Crippen LogP contribution in [0.1, 0.15) is 56.9 Å². The zero-order chi connectivity index (χ0) is 31.2. The van der Waals surface area contributed by atoms with Crippen LogP contribution in [0.5, 0.6) is 11.5 Å². The predicted molar refractivity (Wildman–Crippen MR) is 170 cm³/mol. The molecule has 0 aromatic heterocycles. The molecule has 2 aromatic carbocycles. The highest BCUT2D eigenvalue weighted by Crippen LogP contribution is 2.36. The Morgan fingerprint density at radius 1 is 0.956 bits per heavy atom. The van der Waals surface area contributed by atoms with Crippen LogP contribution in [-0.4, -0.2) is 104 Å². The minimum atomic E-state index is -0.921. The van der Waals surface area contributed by atoms with E-state index < -0.39 is 6.09 Å². The number of hydrogen-bond acceptors (Lipinski definition) is 7. The molecule has 0 spiro atoms. The molecule has 3 aliphatic heterocycles. The number of ether oxygens (including phenoxy) is 4. The molecule has 0 radical (unpaired) electrons. The summed E-state index contributed by atoms with van der Waals surface area (Å²) in [6, 6.07) is 16.2. The number of nitrogens with zero attached hydrogens (tertiary/aromatic N) is 3. The van der Waals surface area contributed by atoms with E-state index in [4.69, 9.17) is 18.9 Å². The number of carboxylic acid groups (broad SMARTS) is 1. The lowest BCUT2D eigenvalue weighted by atomic mass is 9.87. The second-order valence-corrected chi connectivity index (χ2v) is 12.8. The molecule has 4 unspecified atom stereocenters. The van der Waals surface area contributed by atoms with Gasteiger partial charge in [0.05, 0.1) is 38.0 Å². The van der Waals surface area contributed by atoms with E-state index >= 15 is 0 Å². The fraction of sp³-hybridized carbons (Fsp3) is 0.600. The number of anilines is 1. The maximum Gasteiger partial charge on any atom is 0.407 e. The molecule has 1 aliphatic carbocycles. The largest absolute Gasteiger partial charge is 0.489 e. The Kier molecular flexibility index (Phi) is 10.3. The van der Waals surface area contributed by atoms with E-state index in [2.05, 4.69) is 23.1 Å². The summed E-state index contributed by atoms with van der Waals surface area (Å²) in [5.41, 5.74) is 2.19. The lowest BCUT2D eigenvalue weighted by Gasteiger charge is -2.40. The number of para-hydroxylation sites is 2. The van der Waals surface area contributed by atoms with Crippen molar-refractivity contribution in [3.05, 3.63) is 54.1 Å². The normalized spacial score (nSPS) is 24.7. The van der Waals surface area contributed by atoms with Gasteiger partial charge >= 0.3 is 6.09 Å². The van der Waals surface area contributed by atoms with Crippen LogP contribution in [0, 0.1) is 5.92 Å². The van der Waals surface area contributed by atoms with Crippen LogP contribution in [0.4, 0.5) is 10.5 Å². The van der Waals surface area contributed by atoms with Crippen LogP contribution >= 0.6 is 0 Å². The van der Waals surface area contributed by atoms with Crippen molar-refractivity contribution in [3.8, 4) is 11.5 Å². The summed E-state index contributed by atoms with van der Waals surface area (Å²) < 4.78 is 24.7.